The second kappa shape index (κ2) is 6.76. The first-order valence-corrected chi connectivity index (χ1v) is 7.98. The van der Waals surface area contributed by atoms with Gasteiger partial charge in [0, 0.05) is 28.0 Å². The molecule has 0 aliphatic rings. The second-order valence-corrected chi connectivity index (χ2v) is 6.67. The predicted octanol–water partition coefficient (Wildman–Crippen LogP) is 4.38. The molecular formula is C17H18N4OS. The summed E-state index contributed by atoms with van der Waals surface area (Å²) in [7, 11) is 3.96. The third-order valence-corrected chi connectivity index (χ3v) is 4.02. The summed E-state index contributed by atoms with van der Waals surface area (Å²) in [6.07, 6.45) is 1.88. The number of aromatic amines is 1. The molecule has 0 unspecified atom stereocenters. The maximum Gasteiger partial charge on any atom is 0.323 e. The number of nitrogens with one attached hydrogen (secondary N) is 3. The Hall–Kier alpha value is -2.44. The van der Waals surface area contributed by atoms with Crippen LogP contribution in [0.5, 0.6) is 0 Å². The monoisotopic (exact) mass is 326 g/mol. The Morgan fingerprint density at radius 1 is 1.04 bits per heavy atom. The van der Waals surface area contributed by atoms with E-state index in [0.29, 0.717) is 0 Å². The van der Waals surface area contributed by atoms with Gasteiger partial charge >= 0.3 is 6.03 Å². The highest BCUT2D eigenvalue weighted by molar-refractivity contribution is 7.97. The van der Waals surface area contributed by atoms with E-state index in [1.54, 1.807) is 11.9 Å². The van der Waals surface area contributed by atoms with Gasteiger partial charge in [0.05, 0.1) is 0 Å². The van der Waals surface area contributed by atoms with E-state index < -0.39 is 0 Å². The number of H-pyrrole nitrogens is 1. The highest BCUT2D eigenvalue weighted by Crippen LogP contribution is 2.23. The van der Waals surface area contributed by atoms with Gasteiger partial charge < -0.3 is 15.6 Å². The minimum atomic E-state index is -0.261. The van der Waals surface area contributed by atoms with Gasteiger partial charge in [-0.2, -0.15) is 0 Å². The molecule has 0 aliphatic heterocycles. The average molecular weight is 326 g/mol. The molecule has 5 nitrogen and oxygen atoms in total. The number of hydrogen-bond donors (Lipinski definition) is 3. The van der Waals surface area contributed by atoms with Crippen LogP contribution in [0.2, 0.25) is 0 Å². The molecule has 0 bridgehead atoms. The van der Waals surface area contributed by atoms with Crippen LogP contribution in [0.25, 0.3) is 10.9 Å². The van der Waals surface area contributed by atoms with Crippen LogP contribution in [0.3, 0.4) is 0 Å². The number of hydrogen-bond acceptors (Lipinski definition) is 3. The summed E-state index contributed by atoms with van der Waals surface area (Å²) in [6.45, 7) is 0. The summed E-state index contributed by atoms with van der Waals surface area (Å²) < 4.78 is 2.00. The molecule has 1 aromatic heterocycles. The van der Waals surface area contributed by atoms with Crippen LogP contribution in [-0.4, -0.2) is 29.4 Å². The van der Waals surface area contributed by atoms with E-state index in [1.807, 2.05) is 73.1 Å². The van der Waals surface area contributed by atoms with Crippen molar-refractivity contribution >= 4 is 40.3 Å². The van der Waals surface area contributed by atoms with E-state index in [1.165, 1.54) is 0 Å². The Morgan fingerprint density at radius 3 is 2.61 bits per heavy atom. The molecule has 6 heteroatoms. The van der Waals surface area contributed by atoms with Crippen molar-refractivity contribution in [3.05, 3.63) is 54.7 Å². The number of rotatable bonds is 4. The Balaban J connectivity index is 1.66. The van der Waals surface area contributed by atoms with E-state index in [2.05, 4.69) is 15.6 Å². The second-order valence-electron chi connectivity index (χ2n) is 5.29. The first kappa shape index (κ1) is 15.5. The Labute approximate surface area is 139 Å². The van der Waals surface area contributed by atoms with Crippen LogP contribution in [0.1, 0.15) is 0 Å². The number of urea groups is 1. The molecule has 0 saturated heterocycles. The van der Waals surface area contributed by atoms with Gasteiger partial charge in [-0.05, 0) is 67.8 Å². The van der Waals surface area contributed by atoms with Gasteiger partial charge in [0.15, 0.2) is 0 Å². The van der Waals surface area contributed by atoms with Gasteiger partial charge in [0.1, 0.15) is 0 Å². The smallest absolute Gasteiger partial charge is 0.323 e. The minimum Gasteiger partial charge on any atom is -0.361 e. The molecule has 0 fully saturated rings. The summed E-state index contributed by atoms with van der Waals surface area (Å²) in [5.74, 6) is 0. The number of carbonyl (C=O) groups excluding carboxylic acids is 1. The maximum absolute atomic E-state index is 12.1. The molecule has 2 amide bonds. The third-order valence-electron chi connectivity index (χ3n) is 3.19. The van der Waals surface area contributed by atoms with E-state index in [9.17, 15) is 4.79 Å². The fourth-order valence-corrected chi connectivity index (χ4v) is 3.00. The van der Waals surface area contributed by atoms with Gasteiger partial charge in [-0.3, -0.25) is 4.31 Å². The van der Waals surface area contributed by atoms with Gasteiger partial charge in [0.2, 0.25) is 0 Å². The lowest BCUT2D eigenvalue weighted by Gasteiger charge is -2.11. The Kier molecular flexibility index (Phi) is 4.55. The fraction of sp³-hybridized carbons (Fsp3) is 0.118. The molecule has 23 heavy (non-hydrogen) atoms. The zero-order valence-electron chi connectivity index (χ0n) is 13.0. The lowest BCUT2D eigenvalue weighted by atomic mass is 10.2. The topological polar surface area (TPSA) is 60.2 Å². The van der Waals surface area contributed by atoms with E-state index in [4.69, 9.17) is 0 Å². The van der Waals surface area contributed by atoms with Crippen molar-refractivity contribution in [2.75, 3.05) is 24.7 Å². The van der Waals surface area contributed by atoms with Crippen LogP contribution in [-0.2, 0) is 0 Å². The Bertz CT molecular complexity index is 828. The molecule has 118 valence electrons. The van der Waals surface area contributed by atoms with E-state index in [0.717, 1.165) is 27.2 Å². The maximum atomic E-state index is 12.1. The van der Waals surface area contributed by atoms with Crippen molar-refractivity contribution in [2.45, 2.75) is 4.90 Å². The lowest BCUT2D eigenvalue weighted by molar-refractivity contribution is 0.262. The summed E-state index contributed by atoms with van der Waals surface area (Å²) in [5, 5.41) is 6.81. The first-order valence-electron chi connectivity index (χ1n) is 7.21. The van der Waals surface area contributed by atoms with Crippen molar-refractivity contribution in [1.82, 2.24) is 9.29 Å². The summed E-state index contributed by atoms with van der Waals surface area (Å²) in [4.78, 5) is 16.3. The van der Waals surface area contributed by atoms with Crippen LogP contribution >= 0.6 is 11.9 Å². The standard InChI is InChI=1S/C17H18N4OS/c1-21(2)23-15-5-3-4-13(10-15)19-17(22)20-14-7-6-12-8-9-18-16(12)11-14/h3-11,18H,1-2H3,(H2,19,20,22). The fourth-order valence-electron chi connectivity index (χ4n) is 2.26. The zero-order chi connectivity index (χ0) is 16.2. The first-order chi connectivity index (χ1) is 11.1. The van der Waals surface area contributed by atoms with E-state index in [-0.39, 0.29) is 6.03 Å². The molecule has 1 heterocycles. The van der Waals surface area contributed by atoms with E-state index >= 15 is 0 Å². The van der Waals surface area contributed by atoms with Crippen LogP contribution in [0, 0.1) is 0 Å². The molecular weight excluding hydrogens is 308 g/mol. The van der Waals surface area contributed by atoms with Crippen molar-refractivity contribution in [3.8, 4) is 0 Å². The molecule has 3 aromatic rings. The SMILES string of the molecule is CN(C)Sc1cccc(NC(=O)Nc2ccc3cc[nH]c3c2)c1. The molecule has 0 spiro atoms. The molecule has 0 aliphatic carbocycles. The highest BCUT2D eigenvalue weighted by atomic mass is 32.2. The number of benzene rings is 2. The Morgan fingerprint density at radius 2 is 1.83 bits per heavy atom. The minimum absolute atomic E-state index is 0.261. The van der Waals surface area contributed by atoms with Gasteiger partial charge in [-0.25, -0.2) is 4.79 Å². The number of fused-ring (bicyclic) bond motifs is 1. The lowest BCUT2D eigenvalue weighted by Crippen LogP contribution is -2.19. The molecule has 3 rings (SSSR count). The number of carbonyl (C=O) groups is 1. The summed E-state index contributed by atoms with van der Waals surface area (Å²) in [6, 6.07) is 15.2. The number of nitrogens with zero attached hydrogens (tertiary/aromatic N) is 1. The quantitative estimate of drug-likeness (QED) is 0.624. The predicted molar refractivity (Wildman–Crippen MR) is 96.9 cm³/mol. The number of amides is 2. The molecule has 3 N–H and O–H groups in total. The third kappa shape index (κ3) is 4.06. The number of anilines is 2. The van der Waals surface area contributed by atoms with Crippen molar-refractivity contribution in [3.63, 3.8) is 0 Å². The molecule has 0 radical (unpaired) electrons. The van der Waals surface area contributed by atoms with Crippen LogP contribution in [0.4, 0.5) is 16.2 Å². The highest BCUT2D eigenvalue weighted by Gasteiger charge is 2.05. The van der Waals surface area contributed by atoms with Crippen molar-refractivity contribution in [2.24, 2.45) is 0 Å². The summed E-state index contributed by atoms with van der Waals surface area (Å²) in [5.41, 5.74) is 2.50. The number of aromatic nitrogens is 1. The van der Waals surface area contributed by atoms with Crippen molar-refractivity contribution in [1.29, 1.82) is 0 Å². The zero-order valence-corrected chi connectivity index (χ0v) is 13.8. The van der Waals surface area contributed by atoms with Gasteiger partial charge in [-0.1, -0.05) is 12.1 Å². The summed E-state index contributed by atoms with van der Waals surface area (Å²) >= 11 is 1.60. The van der Waals surface area contributed by atoms with Crippen molar-refractivity contribution < 1.29 is 4.79 Å². The van der Waals surface area contributed by atoms with Crippen LogP contribution in [0.15, 0.2) is 59.6 Å². The molecule has 0 atom stereocenters. The molecule has 2 aromatic carbocycles. The average Bonchev–Trinajstić information content (AvgIpc) is 2.94. The van der Waals surface area contributed by atoms with Crippen LogP contribution < -0.4 is 10.6 Å². The normalized spacial score (nSPS) is 10.9. The van der Waals surface area contributed by atoms with Gasteiger partial charge in [-0.15, -0.1) is 0 Å². The largest absolute Gasteiger partial charge is 0.361 e. The molecule has 0 saturated carbocycles. The van der Waals surface area contributed by atoms with Gasteiger partial charge in [0.25, 0.3) is 0 Å².